The zero-order valence-electron chi connectivity index (χ0n) is 14.1. The van der Waals surface area contributed by atoms with Crippen molar-refractivity contribution in [2.75, 3.05) is 20.0 Å². The van der Waals surface area contributed by atoms with E-state index in [0.717, 1.165) is 28.9 Å². The van der Waals surface area contributed by atoms with E-state index in [9.17, 15) is 8.42 Å². The molecule has 6 heteroatoms. The SMILES string of the molecule is COc1ccc(C(C)Oc2ccc(CCOS(C)(=O)=O)cc2)cc1. The van der Waals surface area contributed by atoms with E-state index in [0.29, 0.717) is 6.42 Å². The quantitative estimate of drug-likeness (QED) is 0.683. The maximum Gasteiger partial charge on any atom is 0.264 e. The van der Waals surface area contributed by atoms with Gasteiger partial charge in [-0.25, -0.2) is 0 Å². The summed E-state index contributed by atoms with van der Waals surface area (Å²) in [5.74, 6) is 1.57. The minimum absolute atomic E-state index is 0.0877. The third-order valence-corrected chi connectivity index (χ3v) is 4.10. The molecule has 0 bridgehead atoms. The summed E-state index contributed by atoms with van der Waals surface area (Å²) in [4.78, 5) is 0. The fourth-order valence-electron chi connectivity index (χ4n) is 2.19. The minimum atomic E-state index is -3.39. The summed E-state index contributed by atoms with van der Waals surface area (Å²) in [5.41, 5.74) is 2.05. The first-order valence-electron chi connectivity index (χ1n) is 7.61. The molecule has 0 amide bonds. The van der Waals surface area contributed by atoms with Crippen LogP contribution in [0.5, 0.6) is 11.5 Å². The molecule has 2 rings (SSSR count). The Labute approximate surface area is 143 Å². The summed E-state index contributed by atoms with van der Waals surface area (Å²) < 4.78 is 37.6. The van der Waals surface area contributed by atoms with E-state index < -0.39 is 10.1 Å². The first kappa shape index (κ1) is 18.3. The van der Waals surface area contributed by atoms with Gasteiger partial charge in [-0.2, -0.15) is 8.42 Å². The number of rotatable bonds is 8. The van der Waals surface area contributed by atoms with Crippen LogP contribution in [0.15, 0.2) is 48.5 Å². The van der Waals surface area contributed by atoms with Gasteiger partial charge in [-0.05, 0) is 48.7 Å². The molecule has 1 atom stereocenters. The van der Waals surface area contributed by atoms with Gasteiger partial charge in [0.2, 0.25) is 0 Å². The van der Waals surface area contributed by atoms with Crippen LogP contribution in [-0.2, 0) is 20.7 Å². The first-order chi connectivity index (χ1) is 11.4. The van der Waals surface area contributed by atoms with E-state index in [-0.39, 0.29) is 12.7 Å². The largest absolute Gasteiger partial charge is 0.497 e. The van der Waals surface area contributed by atoms with Gasteiger partial charge in [0.05, 0.1) is 20.0 Å². The van der Waals surface area contributed by atoms with E-state index in [4.69, 9.17) is 13.7 Å². The predicted molar refractivity (Wildman–Crippen MR) is 93.0 cm³/mol. The molecule has 0 saturated carbocycles. The molecule has 0 aromatic heterocycles. The third kappa shape index (κ3) is 5.86. The van der Waals surface area contributed by atoms with Crippen LogP contribution in [-0.4, -0.2) is 28.4 Å². The van der Waals surface area contributed by atoms with E-state index >= 15 is 0 Å². The van der Waals surface area contributed by atoms with Crippen LogP contribution in [0.4, 0.5) is 0 Å². The summed E-state index contributed by atoms with van der Waals surface area (Å²) in [6, 6.07) is 15.3. The van der Waals surface area contributed by atoms with Gasteiger partial charge in [0.1, 0.15) is 17.6 Å². The minimum Gasteiger partial charge on any atom is -0.497 e. The Bertz CT molecular complexity index is 736. The molecular weight excluding hydrogens is 328 g/mol. The van der Waals surface area contributed by atoms with Gasteiger partial charge in [-0.15, -0.1) is 0 Å². The molecule has 5 nitrogen and oxygen atoms in total. The van der Waals surface area contributed by atoms with E-state index in [1.807, 2.05) is 55.5 Å². The van der Waals surface area contributed by atoms with Crippen LogP contribution in [0, 0.1) is 0 Å². The van der Waals surface area contributed by atoms with Crippen molar-refractivity contribution in [3.63, 3.8) is 0 Å². The van der Waals surface area contributed by atoms with Crippen molar-refractivity contribution in [2.24, 2.45) is 0 Å². The Hall–Kier alpha value is -2.05. The smallest absolute Gasteiger partial charge is 0.264 e. The van der Waals surface area contributed by atoms with Crippen LogP contribution < -0.4 is 9.47 Å². The fraction of sp³-hybridized carbons (Fsp3) is 0.333. The van der Waals surface area contributed by atoms with Gasteiger partial charge >= 0.3 is 0 Å². The Morgan fingerprint density at radius 2 is 1.54 bits per heavy atom. The second-order valence-electron chi connectivity index (χ2n) is 5.45. The molecule has 0 saturated heterocycles. The summed E-state index contributed by atoms with van der Waals surface area (Å²) in [7, 11) is -1.75. The number of hydrogen-bond donors (Lipinski definition) is 0. The molecule has 0 aliphatic rings. The van der Waals surface area contributed by atoms with Crippen LogP contribution in [0.1, 0.15) is 24.2 Å². The molecular formula is C18H22O5S. The van der Waals surface area contributed by atoms with Crippen molar-refractivity contribution in [3.8, 4) is 11.5 Å². The van der Waals surface area contributed by atoms with Gasteiger partial charge in [0.25, 0.3) is 10.1 Å². The second kappa shape index (κ2) is 8.17. The lowest BCUT2D eigenvalue weighted by Crippen LogP contribution is -2.06. The normalized spacial score (nSPS) is 12.6. The molecule has 0 aliphatic carbocycles. The Kier molecular flexibility index (Phi) is 6.23. The van der Waals surface area contributed by atoms with E-state index in [1.54, 1.807) is 7.11 Å². The number of benzene rings is 2. The zero-order chi connectivity index (χ0) is 17.6. The number of hydrogen-bond acceptors (Lipinski definition) is 5. The second-order valence-corrected chi connectivity index (χ2v) is 7.10. The van der Waals surface area contributed by atoms with Gasteiger partial charge in [-0.1, -0.05) is 24.3 Å². The molecule has 2 aromatic rings. The summed E-state index contributed by atoms with van der Waals surface area (Å²) in [6.07, 6.45) is 1.49. The highest BCUT2D eigenvalue weighted by Gasteiger charge is 2.08. The van der Waals surface area contributed by atoms with Crippen LogP contribution in [0.25, 0.3) is 0 Å². The average molecular weight is 350 g/mol. The fourth-order valence-corrected chi connectivity index (χ4v) is 2.58. The monoisotopic (exact) mass is 350 g/mol. The summed E-state index contributed by atoms with van der Waals surface area (Å²) in [6.45, 7) is 2.12. The van der Waals surface area contributed by atoms with Gasteiger partial charge in [0, 0.05) is 0 Å². The number of methoxy groups -OCH3 is 1. The van der Waals surface area contributed by atoms with Crippen LogP contribution >= 0.6 is 0 Å². The molecule has 0 spiro atoms. The molecule has 0 aliphatic heterocycles. The molecule has 1 unspecified atom stereocenters. The van der Waals surface area contributed by atoms with Crippen LogP contribution in [0.3, 0.4) is 0 Å². The lowest BCUT2D eigenvalue weighted by atomic mass is 10.1. The molecule has 0 heterocycles. The molecule has 0 radical (unpaired) electrons. The highest BCUT2D eigenvalue weighted by Crippen LogP contribution is 2.23. The van der Waals surface area contributed by atoms with Crippen LogP contribution in [0.2, 0.25) is 0 Å². The zero-order valence-corrected chi connectivity index (χ0v) is 14.9. The standard InChI is InChI=1S/C18H22O5S/c1-14(16-6-10-17(21-2)11-7-16)23-18-8-4-15(5-9-18)12-13-22-24(3,19)20/h4-11,14H,12-13H2,1-3H3. The third-order valence-electron chi connectivity index (χ3n) is 3.51. The lowest BCUT2D eigenvalue weighted by Gasteiger charge is -2.15. The molecule has 24 heavy (non-hydrogen) atoms. The molecule has 130 valence electrons. The van der Waals surface area contributed by atoms with Gasteiger partial charge < -0.3 is 9.47 Å². The van der Waals surface area contributed by atoms with Gasteiger partial charge in [-0.3, -0.25) is 4.18 Å². The molecule has 2 aromatic carbocycles. The number of ether oxygens (including phenoxy) is 2. The maximum absolute atomic E-state index is 10.9. The Morgan fingerprint density at radius 1 is 0.958 bits per heavy atom. The van der Waals surface area contributed by atoms with Crippen molar-refractivity contribution in [1.29, 1.82) is 0 Å². The maximum atomic E-state index is 10.9. The lowest BCUT2D eigenvalue weighted by molar-refractivity contribution is 0.226. The molecule has 0 N–H and O–H groups in total. The highest BCUT2D eigenvalue weighted by molar-refractivity contribution is 7.85. The Morgan fingerprint density at radius 3 is 2.08 bits per heavy atom. The van der Waals surface area contributed by atoms with E-state index in [2.05, 4.69) is 0 Å². The van der Waals surface area contributed by atoms with Crippen molar-refractivity contribution >= 4 is 10.1 Å². The van der Waals surface area contributed by atoms with Crippen molar-refractivity contribution in [2.45, 2.75) is 19.4 Å². The van der Waals surface area contributed by atoms with Gasteiger partial charge in [0.15, 0.2) is 0 Å². The highest BCUT2D eigenvalue weighted by atomic mass is 32.2. The van der Waals surface area contributed by atoms with Crippen molar-refractivity contribution in [3.05, 3.63) is 59.7 Å². The van der Waals surface area contributed by atoms with Crippen molar-refractivity contribution in [1.82, 2.24) is 0 Å². The average Bonchev–Trinajstić information content (AvgIpc) is 2.55. The summed E-state index contributed by atoms with van der Waals surface area (Å²) in [5, 5.41) is 0. The Balaban J connectivity index is 1.90. The summed E-state index contributed by atoms with van der Waals surface area (Å²) >= 11 is 0. The van der Waals surface area contributed by atoms with Crippen molar-refractivity contribution < 1.29 is 22.1 Å². The predicted octanol–water partition coefficient (Wildman–Crippen LogP) is 3.35. The topological polar surface area (TPSA) is 61.8 Å². The van der Waals surface area contributed by atoms with E-state index in [1.165, 1.54) is 0 Å². The first-order valence-corrected chi connectivity index (χ1v) is 9.43. The molecule has 0 fully saturated rings.